The van der Waals surface area contributed by atoms with Crippen molar-refractivity contribution < 1.29 is 8.42 Å². The van der Waals surface area contributed by atoms with E-state index in [9.17, 15) is 8.42 Å². The number of para-hydroxylation sites is 1. The minimum Gasteiger partial charge on any atom is -0.279 e. The molecular formula is C15H15BrClNO2S. The molecule has 0 unspecified atom stereocenters. The van der Waals surface area contributed by atoms with Gasteiger partial charge in [-0.2, -0.15) is 0 Å². The van der Waals surface area contributed by atoms with Crippen LogP contribution < -0.4 is 4.72 Å². The van der Waals surface area contributed by atoms with Gasteiger partial charge < -0.3 is 0 Å². The Labute approximate surface area is 138 Å². The monoisotopic (exact) mass is 387 g/mol. The summed E-state index contributed by atoms with van der Waals surface area (Å²) in [5, 5.41) is 0.185. The summed E-state index contributed by atoms with van der Waals surface area (Å²) < 4.78 is 28.3. The van der Waals surface area contributed by atoms with E-state index in [-0.39, 0.29) is 9.92 Å². The molecule has 0 amide bonds. The van der Waals surface area contributed by atoms with E-state index >= 15 is 0 Å². The lowest BCUT2D eigenvalue weighted by Gasteiger charge is -2.13. The molecule has 0 spiro atoms. The second-order valence-electron chi connectivity index (χ2n) is 4.59. The highest BCUT2D eigenvalue weighted by atomic mass is 79.9. The van der Waals surface area contributed by atoms with Gasteiger partial charge in [0.2, 0.25) is 0 Å². The molecule has 2 rings (SSSR count). The molecule has 0 saturated carbocycles. The predicted octanol–water partition coefficient (Wildman–Crippen LogP) is 4.86. The van der Waals surface area contributed by atoms with E-state index in [4.69, 9.17) is 11.6 Å². The fourth-order valence-electron chi connectivity index (χ4n) is 2.00. The van der Waals surface area contributed by atoms with Crippen LogP contribution in [0.2, 0.25) is 5.02 Å². The van der Waals surface area contributed by atoms with Gasteiger partial charge in [-0.1, -0.05) is 59.1 Å². The van der Waals surface area contributed by atoms with Crippen molar-refractivity contribution in [3.63, 3.8) is 0 Å². The number of anilines is 1. The molecule has 112 valence electrons. The molecule has 0 saturated heterocycles. The van der Waals surface area contributed by atoms with Crippen LogP contribution in [0.15, 0.2) is 51.8 Å². The molecule has 0 aliphatic heterocycles. The Hall–Kier alpha value is -1.04. The van der Waals surface area contributed by atoms with Gasteiger partial charge in [0.25, 0.3) is 10.0 Å². The van der Waals surface area contributed by atoms with Crippen LogP contribution in [0.25, 0.3) is 0 Å². The van der Waals surface area contributed by atoms with Gasteiger partial charge in [-0.15, -0.1) is 0 Å². The molecule has 0 aromatic heterocycles. The Morgan fingerprint density at radius 2 is 1.90 bits per heavy atom. The van der Waals surface area contributed by atoms with Gasteiger partial charge in [-0.25, -0.2) is 8.42 Å². The number of rotatable bonds is 5. The molecule has 0 aliphatic carbocycles. The summed E-state index contributed by atoms with van der Waals surface area (Å²) >= 11 is 9.29. The molecule has 0 fully saturated rings. The van der Waals surface area contributed by atoms with Gasteiger partial charge in [0.1, 0.15) is 4.90 Å². The van der Waals surface area contributed by atoms with Crippen molar-refractivity contribution in [2.45, 2.75) is 24.7 Å². The van der Waals surface area contributed by atoms with Gasteiger partial charge >= 0.3 is 0 Å². The van der Waals surface area contributed by atoms with Gasteiger partial charge in [0, 0.05) is 4.47 Å². The molecule has 6 heteroatoms. The fraction of sp³-hybridized carbons (Fsp3) is 0.200. The third kappa shape index (κ3) is 3.99. The molecule has 21 heavy (non-hydrogen) atoms. The maximum Gasteiger partial charge on any atom is 0.263 e. The first-order valence-corrected chi connectivity index (χ1v) is 9.15. The minimum atomic E-state index is -3.70. The van der Waals surface area contributed by atoms with E-state index in [1.54, 1.807) is 24.3 Å². The van der Waals surface area contributed by atoms with Crippen LogP contribution >= 0.6 is 27.5 Å². The summed E-state index contributed by atoms with van der Waals surface area (Å²) in [5.74, 6) is 0. The van der Waals surface area contributed by atoms with Crippen molar-refractivity contribution in [1.29, 1.82) is 0 Å². The summed E-state index contributed by atoms with van der Waals surface area (Å²) in [5.41, 5.74) is 1.56. The van der Waals surface area contributed by atoms with E-state index in [0.29, 0.717) is 5.69 Å². The summed E-state index contributed by atoms with van der Waals surface area (Å²) in [6, 6.07) is 12.1. The molecule has 0 bridgehead atoms. The maximum absolute atomic E-state index is 12.5. The Morgan fingerprint density at radius 1 is 1.19 bits per heavy atom. The smallest absolute Gasteiger partial charge is 0.263 e. The molecule has 0 radical (unpaired) electrons. The minimum absolute atomic E-state index is 0.0682. The Bertz CT molecular complexity index is 747. The van der Waals surface area contributed by atoms with Crippen molar-refractivity contribution in [2.24, 2.45) is 0 Å². The highest BCUT2D eigenvalue weighted by Crippen LogP contribution is 2.28. The third-order valence-electron chi connectivity index (χ3n) is 2.96. The molecular weight excluding hydrogens is 374 g/mol. The Balaban J connectivity index is 2.38. The molecule has 0 heterocycles. The molecule has 0 aliphatic rings. The largest absolute Gasteiger partial charge is 0.279 e. The number of halogens is 2. The summed E-state index contributed by atoms with van der Waals surface area (Å²) in [4.78, 5) is 0.0682. The van der Waals surface area contributed by atoms with E-state index in [1.807, 2.05) is 12.1 Å². The standard InChI is InChI=1S/C15H15BrClNO2S/c1-2-5-11-6-3-4-7-14(11)18-21(19,20)15-9-8-12(16)10-13(15)17/h3-4,6-10,18H,2,5H2,1H3. The maximum atomic E-state index is 12.5. The first kappa shape index (κ1) is 16.3. The van der Waals surface area contributed by atoms with Crippen molar-refractivity contribution in [3.05, 3.63) is 57.5 Å². The number of hydrogen-bond donors (Lipinski definition) is 1. The first-order valence-electron chi connectivity index (χ1n) is 6.50. The van der Waals surface area contributed by atoms with Crippen LogP contribution in [0.4, 0.5) is 5.69 Å². The molecule has 2 aromatic carbocycles. The molecule has 0 atom stereocenters. The molecule has 1 N–H and O–H groups in total. The highest BCUT2D eigenvalue weighted by Gasteiger charge is 2.19. The van der Waals surface area contributed by atoms with Crippen molar-refractivity contribution in [1.82, 2.24) is 0 Å². The Kier molecular flexibility index (Phi) is 5.30. The number of aryl methyl sites for hydroxylation is 1. The van der Waals surface area contributed by atoms with E-state index < -0.39 is 10.0 Å². The first-order chi connectivity index (χ1) is 9.94. The highest BCUT2D eigenvalue weighted by molar-refractivity contribution is 9.10. The van der Waals surface area contributed by atoms with E-state index in [2.05, 4.69) is 27.6 Å². The lowest BCUT2D eigenvalue weighted by Crippen LogP contribution is -2.14. The van der Waals surface area contributed by atoms with E-state index in [1.165, 1.54) is 6.07 Å². The Morgan fingerprint density at radius 3 is 2.57 bits per heavy atom. The number of nitrogens with one attached hydrogen (secondary N) is 1. The summed E-state index contributed by atoms with van der Waals surface area (Å²) in [6.07, 6.45) is 1.75. The van der Waals surface area contributed by atoms with Gasteiger partial charge in [0.15, 0.2) is 0 Å². The lowest BCUT2D eigenvalue weighted by molar-refractivity contribution is 0.601. The van der Waals surface area contributed by atoms with Crippen LogP contribution in [-0.2, 0) is 16.4 Å². The zero-order valence-electron chi connectivity index (χ0n) is 11.4. The zero-order valence-corrected chi connectivity index (χ0v) is 14.6. The second-order valence-corrected chi connectivity index (χ2v) is 7.56. The summed E-state index contributed by atoms with van der Waals surface area (Å²) in [6.45, 7) is 2.05. The molecule has 2 aromatic rings. The number of hydrogen-bond acceptors (Lipinski definition) is 2. The van der Waals surface area contributed by atoms with Crippen molar-refractivity contribution in [3.8, 4) is 0 Å². The number of benzene rings is 2. The lowest BCUT2D eigenvalue weighted by atomic mass is 10.1. The van der Waals surface area contributed by atoms with Crippen LogP contribution in [0, 0.1) is 0 Å². The normalized spacial score (nSPS) is 11.4. The van der Waals surface area contributed by atoms with Gasteiger partial charge in [-0.05, 0) is 36.2 Å². The topological polar surface area (TPSA) is 46.2 Å². The van der Waals surface area contributed by atoms with Crippen molar-refractivity contribution >= 4 is 43.2 Å². The van der Waals surface area contributed by atoms with Crippen LogP contribution in [0.3, 0.4) is 0 Å². The quantitative estimate of drug-likeness (QED) is 0.795. The average molecular weight is 389 g/mol. The van der Waals surface area contributed by atoms with Gasteiger partial charge in [-0.3, -0.25) is 4.72 Å². The number of sulfonamides is 1. The van der Waals surface area contributed by atoms with Crippen LogP contribution in [0.5, 0.6) is 0 Å². The SMILES string of the molecule is CCCc1ccccc1NS(=O)(=O)c1ccc(Br)cc1Cl. The summed E-state index contributed by atoms with van der Waals surface area (Å²) in [7, 11) is -3.70. The van der Waals surface area contributed by atoms with Gasteiger partial charge in [0.05, 0.1) is 10.7 Å². The predicted molar refractivity (Wildman–Crippen MR) is 90.4 cm³/mol. The van der Waals surface area contributed by atoms with E-state index in [0.717, 1.165) is 22.9 Å². The van der Waals surface area contributed by atoms with Crippen LogP contribution in [0.1, 0.15) is 18.9 Å². The average Bonchev–Trinajstić information content (AvgIpc) is 2.40. The second kappa shape index (κ2) is 6.81. The van der Waals surface area contributed by atoms with Crippen molar-refractivity contribution in [2.75, 3.05) is 4.72 Å². The van der Waals surface area contributed by atoms with Crippen LogP contribution in [-0.4, -0.2) is 8.42 Å². The zero-order chi connectivity index (χ0) is 15.5. The third-order valence-corrected chi connectivity index (χ3v) is 5.31. The molecule has 3 nitrogen and oxygen atoms in total. The fourth-order valence-corrected chi connectivity index (χ4v) is 4.14.